The van der Waals surface area contributed by atoms with Crippen molar-refractivity contribution < 1.29 is 28.6 Å². The summed E-state index contributed by atoms with van der Waals surface area (Å²) in [6, 6.07) is 0. The summed E-state index contributed by atoms with van der Waals surface area (Å²) >= 11 is 0. The van der Waals surface area contributed by atoms with Gasteiger partial charge in [0.1, 0.15) is 13.2 Å². The van der Waals surface area contributed by atoms with Crippen molar-refractivity contribution in [2.45, 2.75) is 245 Å². The predicted molar refractivity (Wildman–Crippen MR) is 288 cm³/mol. The second-order valence-corrected chi connectivity index (χ2v) is 17.9. The summed E-state index contributed by atoms with van der Waals surface area (Å²) < 4.78 is 16.8. The lowest BCUT2D eigenvalue weighted by molar-refractivity contribution is -0.167. The van der Waals surface area contributed by atoms with Crippen LogP contribution < -0.4 is 0 Å². The van der Waals surface area contributed by atoms with E-state index in [9.17, 15) is 14.4 Å². The summed E-state index contributed by atoms with van der Waals surface area (Å²) in [5, 5.41) is 0. The largest absolute Gasteiger partial charge is 0.462 e. The van der Waals surface area contributed by atoms with Crippen molar-refractivity contribution in [2.75, 3.05) is 13.2 Å². The maximum atomic E-state index is 12.8. The van der Waals surface area contributed by atoms with Crippen LogP contribution in [0.3, 0.4) is 0 Å². The zero-order chi connectivity index (χ0) is 48.6. The molecule has 0 aromatic rings. The van der Waals surface area contributed by atoms with E-state index in [1.54, 1.807) is 0 Å². The van der Waals surface area contributed by atoms with E-state index in [0.717, 1.165) is 116 Å². The zero-order valence-corrected chi connectivity index (χ0v) is 43.4. The van der Waals surface area contributed by atoms with Crippen LogP contribution in [0.2, 0.25) is 0 Å². The normalized spacial score (nSPS) is 12.9. The van der Waals surface area contributed by atoms with Crippen molar-refractivity contribution in [1.29, 1.82) is 0 Å². The van der Waals surface area contributed by atoms with E-state index in [2.05, 4.69) is 93.7 Å². The van der Waals surface area contributed by atoms with Crippen molar-refractivity contribution in [3.05, 3.63) is 109 Å². The van der Waals surface area contributed by atoms with Gasteiger partial charge in [-0.3, -0.25) is 14.4 Å². The van der Waals surface area contributed by atoms with Gasteiger partial charge in [-0.15, -0.1) is 0 Å². The number of ether oxygens (including phenoxy) is 3. The fourth-order valence-electron chi connectivity index (χ4n) is 7.27. The van der Waals surface area contributed by atoms with Gasteiger partial charge in [0, 0.05) is 19.3 Å². The molecule has 0 aliphatic carbocycles. The van der Waals surface area contributed by atoms with Crippen molar-refractivity contribution >= 4 is 17.9 Å². The van der Waals surface area contributed by atoms with E-state index in [0.29, 0.717) is 19.3 Å². The van der Waals surface area contributed by atoms with E-state index in [-0.39, 0.29) is 31.1 Å². The molecular weight excluding hydrogens is 829 g/mol. The second-order valence-electron chi connectivity index (χ2n) is 17.9. The molecule has 0 saturated heterocycles. The number of allylic oxidation sites excluding steroid dienone is 18. The minimum Gasteiger partial charge on any atom is -0.462 e. The Morgan fingerprint density at radius 2 is 0.582 bits per heavy atom. The highest BCUT2D eigenvalue weighted by Crippen LogP contribution is 2.13. The van der Waals surface area contributed by atoms with E-state index in [1.165, 1.54) is 83.5 Å². The molecule has 0 aliphatic rings. The van der Waals surface area contributed by atoms with Gasteiger partial charge in [0.05, 0.1) is 0 Å². The molecule has 0 aromatic carbocycles. The van der Waals surface area contributed by atoms with Gasteiger partial charge >= 0.3 is 17.9 Å². The predicted octanol–water partition coefficient (Wildman–Crippen LogP) is 18.3. The molecular formula is C61H100O6. The Morgan fingerprint density at radius 1 is 0.313 bits per heavy atom. The van der Waals surface area contributed by atoms with E-state index in [4.69, 9.17) is 14.2 Å². The van der Waals surface area contributed by atoms with Crippen LogP contribution in [0.5, 0.6) is 0 Å². The molecule has 0 fully saturated rings. The number of rotatable bonds is 48. The molecule has 0 amide bonds. The van der Waals surface area contributed by atoms with Crippen LogP contribution in [0.25, 0.3) is 0 Å². The van der Waals surface area contributed by atoms with Gasteiger partial charge in [-0.05, 0) is 89.9 Å². The molecule has 6 nitrogen and oxygen atoms in total. The first-order chi connectivity index (χ1) is 33.0. The van der Waals surface area contributed by atoms with Crippen LogP contribution in [-0.4, -0.2) is 37.2 Å². The van der Waals surface area contributed by atoms with Gasteiger partial charge in [-0.2, -0.15) is 0 Å². The van der Waals surface area contributed by atoms with Gasteiger partial charge in [0.2, 0.25) is 0 Å². The molecule has 0 bridgehead atoms. The van der Waals surface area contributed by atoms with Gasteiger partial charge in [-0.25, -0.2) is 0 Å². The summed E-state index contributed by atoms with van der Waals surface area (Å²) in [6.45, 7) is 6.41. The lowest BCUT2D eigenvalue weighted by Crippen LogP contribution is -2.30. The third-order valence-electron chi connectivity index (χ3n) is 11.4. The maximum Gasteiger partial charge on any atom is 0.306 e. The molecule has 0 aromatic heterocycles. The smallest absolute Gasteiger partial charge is 0.306 e. The van der Waals surface area contributed by atoms with Gasteiger partial charge < -0.3 is 14.2 Å². The highest BCUT2D eigenvalue weighted by molar-refractivity contribution is 5.71. The zero-order valence-electron chi connectivity index (χ0n) is 43.4. The fraction of sp³-hybridized carbons (Fsp3) is 0.656. The van der Waals surface area contributed by atoms with Crippen LogP contribution in [0, 0.1) is 0 Å². The number of unbranched alkanes of at least 4 members (excludes halogenated alkanes) is 25. The average Bonchev–Trinajstić information content (AvgIpc) is 3.33. The Labute approximate surface area is 412 Å². The number of hydrogen-bond acceptors (Lipinski definition) is 6. The summed E-state index contributed by atoms with van der Waals surface area (Å²) in [7, 11) is 0. The van der Waals surface area contributed by atoms with Crippen LogP contribution in [-0.2, 0) is 28.6 Å². The molecule has 1 unspecified atom stereocenters. The van der Waals surface area contributed by atoms with Crippen molar-refractivity contribution in [3.8, 4) is 0 Å². The first-order valence-corrected chi connectivity index (χ1v) is 27.5. The summed E-state index contributed by atoms with van der Waals surface area (Å²) in [6.07, 6.45) is 73.6. The second kappa shape index (κ2) is 54.7. The SMILES string of the molecule is CC\C=C/C=C\C=C/C=C\CCCCCC(=O)OCC(COC(=O)CCCCCCC\C=C/C=C\C=C/CCCCCCC)OC(=O)CCCCCCC/C=C\C=C/CCCCCCCCC. The molecule has 6 heteroatoms. The fourth-order valence-corrected chi connectivity index (χ4v) is 7.27. The standard InChI is InChI=1S/C61H100O6/c1-4-7-10-13-16-19-22-25-27-29-31-33-36-39-42-45-48-51-54-60(63)66-57-58(56-65-59(62)53-50-47-44-41-38-35-24-21-18-15-12-9-6-3)67-61(64)55-52-49-46-43-40-37-34-32-30-28-26-23-20-17-14-11-8-5-2/h9,12,15,18,21-22,24-25,27-35,38,58H,4-8,10-11,13-14,16-17,19-20,23,26,36-37,39-57H2,1-3H3/b12-9-,18-15-,24-21-,25-22-,29-27-,30-28-,33-31-,34-32-,38-35-. The molecule has 67 heavy (non-hydrogen) atoms. The first-order valence-electron chi connectivity index (χ1n) is 27.5. The van der Waals surface area contributed by atoms with Gasteiger partial charge in [0.15, 0.2) is 6.10 Å². The number of hydrogen-bond donors (Lipinski definition) is 0. The molecule has 1 atom stereocenters. The lowest BCUT2D eigenvalue weighted by atomic mass is 10.1. The highest BCUT2D eigenvalue weighted by atomic mass is 16.6. The molecule has 0 rings (SSSR count). The monoisotopic (exact) mass is 929 g/mol. The van der Waals surface area contributed by atoms with Crippen molar-refractivity contribution in [1.82, 2.24) is 0 Å². The van der Waals surface area contributed by atoms with E-state index < -0.39 is 6.10 Å². The van der Waals surface area contributed by atoms with Gasteiger partial charge in [-0.1, -0.05) is 239 Å². The first kappa shape index (κ1) is 63.1. The quantitative estimate of drug-likeness (QED) is 0.0262. The number of carbonyl (C=O) groups is 3. The minimum absolute atomic E-state index is 0.110. The Balaban J connectivity index is 4.51. The molecule has 0 heterocycles. The van der Waals surface area contributed by atoms with Crippen LogP contribution in [0.4, 0.5) is 0 Å². The number of esters is 3. The summed E-state index contributed by atoms with van der Waals surface area (Å²) in [5.41, 5.74) is 0. The molecule has 0 aliphatic heterocycles. The Morgan fingerprint density at radius 3 is 0.940 bits per heavy atom. The Kier molecular flexibility index (Phi) is 51.5. The third-order valence-corrected chi connectivity index (χ3v) is 11.4. The van der Waals surface area contributed by atoms with Crippen molar-refractivity contribution in [2.24, 2.45) is 0 Å². The average molecular weight is 929 g/mol. The minimum atomic E-state index is -0.813. The van der Waals surface area contributed by atoms with E-state index in [1.807, 2.05) is 36.5 Å². The van der Waals surface area contributed by atoms with Crippen LogP contribution >= 0.6 is 0 Å². The molecule has 380 valence electrons. The molecule has 0 spiro atoms. The summed E-state index contributed by atoms with van der Waals surface area (Å²) in [5.74, 6) is -0.985. The third kappa shape index (κ3) is 52.9. The van der Waals surface area contributed by atoms with Gasteiger partial charge in [0.25, 0.3) is 0 Å². The molecule has 0 radical (unpaired) electrons. The molecule has 0 saturated carbocycles. The van der Waals surface area contributed by atoms with Crippen LogP contribution in [0.15, 0.2) is 109 Å². The topological polar surface area (TPSA) is 78.9 Å². The Bertz CT molecular complexity index is 1390. The van der Waals surface area contributed by atoms with Crippen molar-refractivity contribution in [3.63, 3.8) is 0 Å². The van der Waals surface area contributed by atoms with E-state index >= 15 is 0 Å². The van der Waals surface area contributed by atoms with Crippen LogP contribution in [0.1, 0.15) is 239 Å². The summed E-state index contributed by atoms with van der Waals surface area (Å²) in [4.78, 5) is 38.1. The Hall–Kier alpha value is -3.93. The number of carbonyl (C=O) groups excluding carboxylic acids is 3. The maximum absolute atomic E-state index is 12.8. The highest BCUT2D eigenvalue weighted by Gasteiger charge is 2.19. The molecule has 0 N–H and O–H groups in total. The lowest BCUT2D eigenvalue weighted by Gasteiger charge is -2.18.